The predicted octanol–water partition coefficient (Wildman–Crippen LogP) is 4.13. The Kier molecular flexibility index (Phi) is 5.87. The third kappa shape index (κ3) is 4.63. The van der Waals surface area contributed by atoms with Gasteiger partial charge in [0, 0.05) is 6.04 Å². The van der Waals surface area contributed by atoms with Crippen LogP contribution >= 0.6 is 0 Å². The maximum absolute atomic E-state index is 6.14. The first-order valence-electron chi connectivity index (χ1n) is 6.17. The first-order chi connectivity index (χ1) is 7.74. The van der Waals surface area contributed by atoms with E-state index in [0.717, 1.165) is 12.8 Å². The van der Waals surface area contributed by atoms with E-state index in [4.69, 9.17) is 5.73 Å². The van der Waals surface area contributed by atoms with Crippen molar-refractivity contribution in [2.24, 2.45) is 5.73 Å². The van der Waals surface area contributed by atoms with Crippen LogP contribution in [-0.4, -0.2) is 0 Å². The van der Waals surface area contributed by atoms with E-state index in [1.807, 2.05) is 6.08 Å². The van der Waals surface area contributed by atoms with Crippen LogP contribution in [0, 0.1) is 6.92 Å². The maximum atomic E-state index is 6.14. The highest BCUT2D eigenvalue weighted by Gasteiger charge is 2.04. The number of nitrogens with two attached hydrogens (primary N) is 1. The van der Waals surface area contributed by atoms with Gasteiger partial charge in [-0.3, -0.25) is 0 Å². The summed E-state index contributed by atoms with van der Waals surface area (Å²) in [5, 5.41) is 0. The van der Waals surface area contributed by atoms with Crippen LogP contribution in [-0.2, 0) is 0 Å². The molecule has 1 heteroatoms. The fourth-order valence-corrected chi connectivity index (χ4v) is 1.81. The van der Waals surface area contributed by atoms with E-state index in [2.05, 4.69) is 37.8 Å². The van der Waals surface area contributed by atoms with Gasteiger partial charge in [0.2, 0.25) is 0 Å². The van der Waals surface area contributed by atoms with Crippen molar-refractivity contribution in [2.75, 3.05) is 0 Å². The molecule has 0 aliphatic heterocycles. The van der Waals surface area contributed by atoms with Gasteiger partial charge in [-0.1, -0.05) is 48.7 Å². The van der Waals surface area contributed by atoms with Crippen LogP contribution in [0.1, 0.15) is 49.3 Å². The molecule has 0 aliphatic rings. The zero-order chi connectivity index (χ0) is 11.8. The number of aryl methyl sites for hydroxylation is 1. The number of hydrogen-bond donors (Lipinski definition) is 1. The molecule has 0 fully saturated rings. The number of rotatable bonds is 7. The number of benzene rings is 1. The number of unbranched alkanes of at least 4 members (excludes halogenated alkanes) is 3. The Morgan fingerprint density at radius 3 is 2.50 bits per heavy atom. The fourth-order valence-electron chi connectivity index (χ4n) is 1.81. The highest BCUT2D eigenvalue weighted by molar-refractivity contribution is 5.23. The third-order valence-electron chi connectivity index (χ3n) is 2.93. The molecular weight excluding hydrogens is 194 g/mol. The van der Waals surface area contributed by atoms with Crippen molar-refractivity contribution in [1.29, 1.82) is 0 Å². The number of hydrogen-bond acceptors (Lipinski definition) is 1. The van der Waals surface area contributed by atoms with Gasteiger partial charge in [-0.15, -0.1) is 6.58 Å². The Hall–Kier alpha value is -1.08. The van der Waals surface area contributed by atoms with E-state index in [1.54, 1.807) is 0 Å². The lowest BCUT2D eigenvalue weighted by Crippen LogP contribution is -2.09. The predicted molar refractivity (Wildman–Crippen MR) is 71.4 cm³/mol. The Bertz CT molecular complexity index is 300. The molecule has 0 aliphatic carbocycles. The lowest BCUT2D eigenvalue weighted by Gasteiger charge is -2.11. The van der Waals surface area contributed by atoms with E-state index in [1.165, 1.54) is 30.4 Å². The lowest BCUT2D eigenvalue weighted by molar-refractivity contribution is 0.572. The van der Waals surface area contributed by atoms with Crippen LogP contribution in [0.5, 0.6) is 0 Å². The second-order valence-electron chi connectivity index (χ2n) is 4.44. The van der Waals surface area contributed by atoms with Gasteiger partial charge in [0.1, 0.15) is 0 Å². The van der Waals surface area contributed by atoms with Gasteiger partial charge in [-0.05, 0) is 31.7 Å². The summed E-state index contributed by atoms with van der Waals surface area (Å²) in [6, 6.07) is 8.75. The topological polar surface area (TPSA) is 26.0 Å². The van der Waals surface area contributed by atoms with Crippen LogP contribution in [0.25, 0.3) is 0 Å². The maximum Gasteiger partial charge on any atom is 0.0294 e. The van der Waals surface area contributed by atoms with E-state index < -0.39 is 0 Å². The summed E-state index contributed by atoms with van der Waals surface area (Å²) >= 11 is 0. The normalized spacial score (nSPS) is 12.4. The van der Waals surface area contributed by atoms with Crippen LogP contribution < -0.4 is 5.73 Å². The smallest absolute Gasteiger partial charge is 0.0294 e. The van der Waals surface area contributed by atoms with Crippen molar-refractivity contribution >= 4 is 0 Å². The average Bonchev–Trinajstić information content (AvgIpc) is 2.29. The van der Waals surface area contributed by atoms with E-state index in [9.17, 15) is 0 Å². The van der Waals surface area contributed by atoms with Crippen LogP contribution in [0.15, 0.2) is 36.9 Å². The van der Waals surface area contributed by atoms with Crippen molar-refractivity contribution in [3.05, 3.63) is 48.0 Å². The molecule has 16 heavy (non-hydrogen) atoms. The molecule has 0 radical (unpaired) electrons. The first-order valence-corrected chi connectivity index (χ1v) is 6.17. The Balaban J connectivity index is 2.26. The molecular formula is C15H23N. The molecule has 1 aromatic carbocycles. The summed E-state index contributed by atoms with van der Waals surface area (Å²) in [7, 11) is 0. The van der Waals surface area contributed by atoms with Crippen molar-refractivity contribution in [3.63, 3.8) is 0 Å². The van der Waals surface area contributed by atoms with Gasteiger partial charge in [-0.25, -0.2) is 0 Å². The average molecular weight is 217 g/mol. The van der Waals surface area contributed by atoms with Gasteiger partial charge < -0.3 is 5.73 Å². The summed E-state index contributed by atoms with van der Waals surface area (Å²) in [5.74, 6) is 0. The molecule has 1 rings (SSSR count). The van der Waals surface area contributed by atoms with Crippen LogP contribution in [0.3, 0.4) is 0 Å². The summed E-state index contributed by atoms with van der Waals surface area (Å²) in [6.45, 7) is 5.83. The van der Waals surface area contributed by atoms with Gasteiger partial charge in [-0.2, -0.15) is 0 Å². The summed E-state index contributed by atoms with van der Waals surface area (Å²) in [4.78, 5) is 0. The number of allylic oxidation sites excluding steroid dienone is 1. The van der Waals surface area contributed by atoms with Gasteiger partial charge >= 0.3 is 0 Å². The first kappa shape index (κ1) is 13.0. The largest absolute Gasteiger partial charge is 0.324 e. The van der Waals surface area contributed by atoms with Gasteiger partial charge in [0.25, 0.3) is 0 Å². The van der Waals surface area contributed by atoms with Crippen LogP contribution in [0.4, 0.5) is 0 Å². The minimum Gasteiger partial charge on any atom is -0.324 e. The molecule has 0 heterocycles. The minimum atomic E-state index is 0.198. The van der Waals surface area contributed by atoms with E-state index in [-0.39, 0.29) is 6.04 Å². The standard InChI is InChI=1S/C15H23N/c1-3-4-5-6-7-8-15(16)14-11-9-13(2)10-12-14/h3,9-12,15H,1,4-8,16H2,2H3. The molecule has 0 aromatic heterocycles. The molecule has 0 saturated heterocycles. The Morgan fingerprint density at radius 2 is 1.88 bits per heavy atom. The zero-order valence-electron chi connectivity index (χ0n) is 10.3. The molecule has 1 aromatic rings. The highest BCUT2D eigenvalue weighted by atomic mass is 14.6. The van der Waals surface area contributed by atoms with Crippen molar-refractivity contribution < 1.29 is 0 Å². The Morgan fingerprint density at radius 1 is 1.19 bits per heavy atom. The molecule has 0 saturated carbocycles. The van der Waals surface area contributed by atoms with Crippen molar-refractivity contribution in [2.45, 2.75) is 45.1 Å². The second kappa shape index (κ2) is 7.24. The molecule has 1 nitrogen and oxygen atoms in total. The van der Waals surface area contributed by atoms with E-state index in [0.29, 0.717) is 0 Å². The molecule has 2 N–H and O–H groups in total. The molecule has 88 valence electrons. The van der Waals surface area contributed by atoms with Gasteiger partial charge in [0.05, 0.1) is 0 Å². The third-order valence-corrected chi connectivity index (χ3v) is 2.93. The fraction of sp³-hybridized carbons (Fsp3) is 0.467. The summed E-state index contributed by atoms with van der Waals surface area (Å²) in [6.07, 6.45) is 7.90. The summed E-state index contributed by atoms with van der Waals surface area (Å²) in [5.41, 5.74) is 8.69. The quantitative estimate of drug-likeness (QED) is 0.539. The molecule has 1 unspecified atom stereocenters. The zero-order valence-corrected chi connectivity index (χ0v) is 10.3. The monoisotopic (exact) mass is 217 g/mol. The van der Waals surface area contributed by atoms with Crippen molar-refractivity contribution in [3.8, 4) is 0 Å². The van der Waals surface area contributed by atoms with E-state index >= 15 is 0 Å². The molecule has 0 bridgehead atoms. The highest BCUT2D eigenvalue weighted by Crippen LogP contribution is 2.18. The Labute approximate surface area is 99.4 Å². The molecule has 0 spiro atoms. The SMILES string of the molecule is C=CCCCCCC(N)c1ccc(C)cc1. The second-order valence-corrected chi connectivity index (χ2v) is 4.44. The summed E-state index contributed by atoms with van der Waals surface area (Å²) < 4.78 is 0. The van der Waals surface area contributed by atoms with Gasteiger partial charge in [0.15, 0.2) is 0 Å². The molecule has 0 amide bonds. The van der Waals surface area contributed by atoms with Crippen LogP contribution in [0.2, 0.25) is 0 Å². The molecule has 1 atom stereocenters. The van der Waals surface area contributed by atoms with Crippen molar-refractivity contribution in [1.82, 2.24) is 0 Å². The minimum absolute atomic E-state index is 0.198. The lowest BCUT2D eigenvalue weighted by atomic mass is 10.00.